The minimum Gasteiger partial charge on any atom is -0.361 e. The predicted octanol–water partition coefficient (Wildman–Crippen LogP) is 3.51. The molecule has 0 spiro atoms. The van der Waals surface area contributed by atoms with Crippen molar-refractivity contribution in [1.29, 1.82) is 0 Å². The third-order valence-corrected chi connectivity index (χ3v) is 3.59. The van der Waals surface area contributed by atoms with Crippen LogP contribution in [0.1, 0.15) is 5.56 Å². The van der Waals surface area contributed by atoms with E-state index >= 15 is 0 Å². The molecule has 0 unspecified atom stereocenters. The number of para-hydroxylation sites is 1. The van der Waals surface area contributed by atoms with Gasteiger partial charge in [0.05, 0.1) is 6.42 Å². The van der Waals surface area contributed by atoms with Crippen LogP contribution in [0.15, 0.2) is 54.7 Å². The molecular formula is C17H15FN2O. The van der Waals surface area contributed by atoms with Crippen molar-refractivity contribution in [1.82, 2.24) is 4.98 Å². The van der Waals surface area contributed by atoms with Crippen LogP contribution in [0.4, 0.5) is 10.1 Å². The van der Waals surface area contributed by atoms with Gasteiger partial charge < -0.3 is 9.88 Å². The Kier molecular flexibility index (Phi) is 3.44. The number of nitrogens with one attached hydrogen (secondary N) is 1. The molecule has 0 fully saturated rings. The van der Waals surface area contributed by atoms with E-state index in [0.717, 1.165) is 16.5 Å². The van der Waals surface area contributed by atoms with Crippen molar-refractivity contribution < 1.29 is 9.18 Å². The number of H-pyrrole nitrogens is 1. The number of anilines is 1. The fraction of sp³-hybridized carbons (Fsp3) is 0.118. The molecule has 4 heteroatoms. The lowest BCUT2D eigenvalue weighted by Gasteiger charge is -2.17. The minimum absolute atomic E-state index is 0.0784. The number of amides is 1. The molecule has 3 aromatic rings. The maximum absolute atomic E-state index is 13.2. The smallest absolute Gasteiger partial charge is 0.231 e. The van der Waals surface area contributed by atoms with E-state index in [4.69, 9.17) is 0 Å². The molecule has 1 aromatic heterocycles. The van der Waals surface area contributed by atoms with Gasteiger partial charge in [-0.15, -0.1) is 0 Å². The largest absolute Gasteiger partial charge is 0.361 e. The summed E-state index contributed by atoms with van der Waals surface area (Å²) in [4.78, 5) is 17.0. The van der Waals surface area contributed by atoms with Crippen LogP contribution in [-0.4, -0.2) is 17.9 Å². The van der Waals surface area contributed by atoms with Crippen LogP contribution in [-0.2, 0) is 11.2 Å². The van der Waals surface area contributed by atoms with Gasteiger partial charge in [-0.2, -0.15) is 0 Å². The van der Waals surface area contributed by atoms with E-state index in [9.17, 15) is 9.18 Å². The number of likely N-dealkylation sites (N-methyl/N-ethyl adjacent to an activating group) is 1. The third-order valence-electron chi connectivity index (χ3n) is 3.59. The summed E-state index contributed by atoms with van der Waals surface area (Å²) in [5.74, 6) is -0.426. The zero-order valence-electron chi connectivity index (χ0n) is 11.6. The number of halogens is 1. The van der Waals surface area contributed by atoms with E-state index in [-0.39, 0.29) is 18.1 Å². The molecule has 3 nitrogen and oxygen atoms in total. The fourth-order valence-electron chi connectivity index (χ4n) is 2.39. The monoisotopic (exact) mass is 282 g/mol. The second-order valence-corrected chi connectivity index (χ2v) is 4.97. The summed E-state index contributed by atoms with van der Waals surface area (Å²) in [6.07, 6.45) is 2.12. The van der Waals surface area contributed by atoms with Crippen molar-refractivity contribution in [3.63, 3.8) is 0 Å². The molecule has 0 radical (unpaired) electrons. The molecule has 1 N–H and O–H groups in total. The van der Waals surface area contributed by atoms with Gasteiger partial charge in [0.25, 0.3) is 0 Å². The molecule has 0 saturated heterocycles. The average Bonchev–Trinajstić information content (AvgIpc) is 2.90. The number of carbonyl (C=O) groups excluding carboxylic acids is 1. The highest BCUT2D eigenvalue weighted by Crippen LogP contribution is 2.20. The lowest BCUT2D eigenvalue weighted by molar-refractivity contribution is -0.117. The summed E-state index contributed by atoms with van der Waals surface area (Å²) in [5, 5.41) is 1.04. The number of fused-ring (bicyclic) bond motifs is 1. The van der Waals surface area contributed by atoms with Gasteiger partial charge in [-0.3, -0.25) is 4.79 Å². The Morgan fingerprint density at radius 1 is 1.19 bits per heavy atom. The quantitative estimate of drug-likeness (QED) is 0.784. The molecule has 2 aromatic carbocycles. The first-order valence-corrected chi connectivity index (χ1v) is 6.72. The lowest BCUT2D eigenvalue weighted by Crippen LogP contribution is -2.27. The molecular weight excluding hydrogens is 267 g/mol. The number of benzene rings is 2. The van der Waals surface area contributed by atoms with E-state index in [1.807, 2.05) is 30.5 Å². The Morgan fingerprint density at radius 3 is 2.81 bits per heavy atom. The summed E-state index contributed by atoms with van der Waals surface area (Å²) in [6.45, 7) is 0. The van der Waals surface area contributed by atoms with Crippen molar-refractivity contribution in [2.24, 2.45) is 0 Å². The summed E-state index contributed by atoms with van der Waals surface area (Å²) < 4.78 is 13.2. The molecule has 1 heterocycles. The first kappa shape index (κ1) is 13.4. The highest BCUT2D eigenvalue weighted by Gasteiger charge is 2.14. The van der Waals surface area contributed by atoms with Crippen molar-refractivity contribution in [3.05, 3.63) is 66.1 Å². The number of nitrogens with zero attached hydrogens (tertiary/aromatic N) is 1. The maximum Gasteiger partial charge on any atom is 0.231 e. The molecule has 21 heavy (non-hydrogen) atoms. The fourth-order valence-corrected chi connectivity index (χ4v) is 2.39. The molecule has 0 bridgehead atoms. The van der Waals surface area contributed by atoms with E-state index in [0.29, 0.717) is 5.69 Å². The van der Waals surface area contributed by atoms with Crippen molar-refractivity contribution in [2.75, 3.05) is 11.9 Å². The van der Waals surface area contributed by atoms with Crippen LogP contribution in [0.5, 0.6) is 0 Å². The van der Waals surface area contributed by atoms with Crippen LogP contribution in [0.2, 0.25) is 0 Å². The zero-order chi connectivity index (χ0) is 14.8. The van der Waals surface area contributed by atoms with Crippen LogP contribution in [0.25, 0.3) is 10.9 Å². The summed E-state index contributed by atoms with van der Waals surface area (Å²) in [7, 11) is 1.66. The van der Waals surface area contributed by atoms with E-state index in [2.05, 4.69) is 4.98 Å². The third kappa shape index (κ3) is 2.65. The SMILES string of the molecule is CN(C(=O)Cc1c[nH]c2ccccc12)c1cccc(F)c1. The van der Waals surface area contributed by atoms with Crippen molar-refractivity contribution in [2.45, 2.75) is 6.42 Å². The van der Waals surface area contributed by atoms with E-state index < -0.39 is 0 Å². The van der Waals surface area contributed by atoms with Gasteiger partial charge in [0.15, 0.2) is 0 Å². The van der Waals surface area contributed by atoms with Gasteiger partial charge >= 0.3 is 0 Å². The Labute approximate surface area is 122 Å². The first-order chi connectivity index (χ1) is 10.1. The van der Waals surface area contributed by atoms with Gasteiger partial charge in [-0.05, 0) is 29.8 Å². The summed E-state index contributed by atoms with van der Waals surface area (Å²) >= 11 is 0. The van der Waals surface area contributed by atoms with Gasteiger partial charge in [-0.1, -0.05) is 24.3 Å². The maximum atomic E-state index is 13.2. The minimum atomic E-state index is -0.348. The molecule has 0 atom stereocenters. The van der Waals surface area contributed by atoms with Gasteiger partial charge in [0, 0.05) is 29.8 Å². The number of hydrogen-bond donors (Lipinski definition) is 1. The molecule has 0 aliphatic rings. The highest BCUT2D eigenvalue weighted by atomic mass is 19.1. The number of rotatable bonds is 3. The van der Waals surface area contributed by atoms with E-state index in [1.165, 1.54) is 17.0 Å². The topological polar surface area (TPSA) is 36.1 Å². The van der Waals surface area contributed by atoms with Crippen LogP contribution < -0.4 is 4.90 Å². The van der Waals surface area contributed by atoms with Gasteiger partial charge in [0.2, 0.25) is 5.91 Å². The zero-order valence-corrected chi connectivity index (χ0v) is 11.6. The van der Waals surface area contributed by atoms with Crippen LogP contribution in [0.3, 0.4) is 0 Å². The Morgan fingerprint density at radius 2 is 2.00 bits per heavy atom. The second kappa shape index (κ2) is 5.40. The molecule has 0 aliphatic carbocycles. The molecule has 3 rings (SSSR count). The van der Waals surface area contributed by atoms with E-state index in [1.54, 1.807) is 19.2 Å². The number of aromatic nitrogens is 1. The average molecular weight is 282 g/mol. The van der Waals surface area contributed by atoms with Crippen LogP contribution >= 0.6 is 0 Å². The number of aromatic amines is 1. The molecule has 1 amide bonds. The normalized spacial score (nSPS) is 10.8. The van der Waals surface area contributed by atoms with Crippen molar-refractivity contribution in [3.8, 4) is 0 Å². The Bertz CT molecular complexity index is 794. The van der Waals surface area contributed by atoms with Crippen molar-refractivity contribution >= 4 is 22.5 Å². The number of hydrogen-bond acceptors (Lipinski definition) is 1. The van der Waals surface area contributed by atoms with Gasteiger partial charge in [0.1, 0.15) is 5.82 Å². The first-order valence-electron chi connectivity index (χ1n) is 6.72. The second-order valence-electron chi connectivity index (χ2n) is 4.97. The van der Waals surface area contributed by atoms with Crippen LogP contribution in [0, 0.1) is 5.82 Å². The molecule has 0 aliphatic heterocycles. The Hall–Kier alpha value is -2.62. The molecule has 0 saturated carbocycles. The highest BCUT2D eigenvalue weighted by molar-refractivity contribution is 5.97. The Balaban J connectivity index is 1.83. The lowest BCUT2D eigenvalue weighted by atomic mass is 10.1. The standard InChI is InChI=1S/C17H15FN2O/c1-20(14-6-4-5-13(18)10-14)17(21)9-12-11-19-16-8-3-2-7-15(12)16/h2-8,10-11,19H,9H2,1H3. The van der Waals surface area contributed by atoms with Gasteiger partial charge in [-0.25, -0.2) is 4.39 Å². The predicted molar refractivity (Wildman–Crippen MR) is 81.8 cm³/mol. The summed E-state index contributed by atoms with van der Waals surface area (Å²) in [5.41, 5.74) is 2.51. The molecule has 106 valence electrons. The number of carbonyl (C=O) groups is 1. The summed E-state index contributed by atoms with van der Waals surface area (Å²) in [6, 6.07) is 13.9.